The van der Waals surface area contributed by atoms with Gasteiger partial charge in [0.1, 0.15) is 5.58 Å². The molecule has 132 valence electrons. The molecule has 0 unspecified atom stereocenters. The second-order valence-electron chi connectivity index (χ2n) is 6.93. The molecule has 0 atom stereocenters. The van der Waals surface area contributed by atoms with E-state index in [1.807, 2.05) is 0 Å². The zero-order valence-electron chi connectivity index (χ0n) is 15.3. The third-order valence-electron chi connectivity index (χ3n) is 4.96. The number of fused-ring (bicyclic) bond motifs is 3. The molecule has 4 rings (SSSR count). The van der Waals surface area contributed by atoms with E-state index in [0.29, 0.717) is 0 Å². The summed E-state index contributed by atoms with van der Waals surface area (Å²) in [5.41, 5.74) is 5.50. The Hall–Kier alpha value is -1.79. The average Bonchev–Trinajstić information content (AvgIpc) is 3.06. The van der Waals surface area contributed by atoms with Gasteiger partial charge in [0.25, 0.3) is 0 Å². The molecule has 26 heavy (non-hydrogen) atoms. The molecule has 0 spiro atoms. The second kappa shape index (κ2) is 7.08. The predicted octanol–water partition coefficient (Wildman–Crippen LogP) is 6.33. The van der Waals surface area contributed by atoms with Crippen LogP contribution >= 0.6 is 22.9 Å². The maximum absolute atomic E-state index is 6.37. The highest BCUT2D eigenvalue weighted by Crippen LogP contribution is 2.40. The van der Waals surface area contributed by atoms with Crippen molar-refractivity contribution in [1.82, 2.24) is 0 Å². The number of nitrogens with zero attached hydrogens (tertiary/aromatic N) is 1. The molecule has 2 nitrogen and oxygen atoms in total. The molecule has 1 heterocycles. The summed E-state index contributed by atoms with van der Waals surface area (Å²) in [5.74, 6) is 0. The standard InChI is InChI=1S/C22H22INOSi/c1-4-15-7-5-8-18-19-9-6-10-20(22(19)25-21(15)18)24(23)16-11-13-17(14-12-16)26(2)3/h5-14,26H,4H2,1-3H3. The molecule has 0 saturated heterocycles. The summed E-state index contributed by atoms with van der Waals surface area (Å²) >= 11 is 2.38. The largest absolute Gasteiger partial charge is 0.454 e. The van der Waals surface area contributed by atoms with Crippen LogP contribution in [0.4, 0.5) is 11.4 Å². The fraction of sp³-hybridized carbons (Fsp3) is 0.182. The summed E-state index contributed by atoms with van der Waals surface area (Å²) in [6.45, 7) is 6.89. The summed E-state index contributed by atoms with van der Waals surface area (Å²) in [4.78, 5) is 0. The van der Waals surface area contributed by atoms with Crippen LogP contribution in [0.3, 0.4) is 0 Å². The normalized spacial score (nSPS) is 11.6. The number of aryl methyl sites for hydroxylation is 1. The van der Waals surface area contributed by atoms with Gasteiger partial charge in [-0.25, -0.2) is 0 Å². The summed E-state index contributed by atoms with van der Waals surface area (Å²) in [7, 11) is -0.764. The number of rotatable bonds is 4. The van der Waals surface area contributed by atoms with Crippen LogP contribution < -0.4 is 8.30 Å². The van der Waals surface area contributed by atoms with Crippen molar-refractivity contribution in [3.8, 4) is 0 Å². The van der Waals surface area contributed by atoms with Crippen molar-refractivity contribution in [2.75, 3.05) is 3.11 Å². The lowest BCUT2D eigenvalue weighted by Gasteiger charge is -2.17. The Kier molecular flexibility index (Phi) is 4.80. The van der Waals surface area contributed by atoms with Gasteiger partial charge in [-0.05, 0) is 30.2 Å². The van der Waals surface area contributed by atoms with E-state index in [-0.39, 0.29) is 0 Å². The molecule has 0 aliphatic rings. The van der Waals surface area contributed by atoms with E-state index in [4.69, 9.17) is 4.42 Å². The fourth-order valence-electron chi connectivity index (χ4n) is 3.43. The van der Waals surface area contributed by atoms with Gasteiger partial charge in [0.2, 0.25) is 0 Å². The van der Waals surface area contributed by atoms with Crippen LogP contribution in [-0.2, 0) is 6.42 Å². The van der Waals surface area contributed by atoms with Gasteiger partial charge in [-0.3, -0.25) is 3.11 Å². The number of hydrogen-bond acceptors (Lipinski definition) is 2. The van der Waals surface area contributed by atoms with Gasteiger partial charge in [-0.2, -0.15) is 0 Å². The Morgan fingerprint density at radius 2 is 1.54 bits per heavy atom. The first-order valence-electron chi connectivity index (χ1n) is 9.09. The highest BCUT2D eigenvalue weighted by Gasteiger charge is 2.17. The molecule has 3 aromatic carbocycles. The van der Waals surface area contributed by atoms with Crippen molar-refractivity contribution in [1.29, 1.82) is 0 Å². The first kappa shape index (κ1) is 17.6. The molecule has 4 aromatic rings. The second-order valence-corrected chi connectivity index (χ2v) is 10.9. The molecule has 0 fully saturated rings. The van der Waals surface area contributed by atoms with Crippen molar-refractivity contribution < 1.29 is 4.42 Å². The van der Waals surface area contributed by atoms with E-state index in [1.54, 1.807) is 0 Å². The lowest BCUT2D eigenvalue weighted by atomic mass is 10.1. The smallest absolute Gasteiger partial charge is 0.159 e. The number of furan rings is 1. The van der Waals surface area contributed by atoms with Gasteiger partial charge in [-0.15, -0.1) is 0 Å². The molecule has 0 aliphatic carbocycles. The van der Waals surface area contributed by atoms with Crippen LogP contribution in [0.15, 0.2) is 65.1 Å². The van der Waals surface area contributed by atoms with Crippen LogP contribution in [0.2, 0.25) is 13.1 Å². The number of benzene rings is 3. The van der Waals surface area contributed by atoms with E-state index in [1.165, 1.54) is 27.2 Å². The Balaban J connectivity index is 1.85. The van der Waals surface area contributed by atoms with E-state index in [9.17, 15) is 0 Å². The summed E-state index contributed by atoms with van der Waals surface area (Å²) in [5, 5.41) is 3.88. The first-order chi connectivity index (χ1) is 12.6. The Labute approximate surface area is 169 Å². The molecule has 1 aromatic heterocycles. The summed E-state index contributed by atoms with van der Waals surface area (Å²) in [6, 6.07) is 21.8. The SMILES string of the molecule is CCc1cccc2c1oc1c(N(I)c3ccc([SiH](C)C)cc3)cccc12. The molecule has 0 amide bonds. The van der Waals surface area contributed by atoms with Gasteiger partial charge >= 0.3 is 0 Å². The molecule has 0 aliphatic heterocycles. The van der Waals surface area contributed by atoms with Gasteiger partial charge in [-0.1, -0.05) is 67.7 Å². The monoisotopic (exact) mass is 471 g/mol. The molecule has 0 N–H and O–H groups in total. The number of halogens is 1. The quantitative estimate of drug-likeness (QED) is 0.197. The van der Waals surface area contributed by atoms with Crippen molar-refractivity contribution in [3.63, 3.8) is 0 Å². The zero-order chi connectivity index (χ0) is 18.3. The minimum atomic E-state index is -0.764. The van der Waals surface area contributed by atoms with E-state index >= 15 is 0 Å². The Morgan fingerprint density at radius 1 is 0.885 bits per heavy atom. The summed E-state index contributed by atoms with van der Waals surface area (Å²) in [6.07, 6.45) is 0.973. The molecule has 0 radical (unpaired) electrons. The topological polar surface area (TPSA) is 16.4 Å². The fourth-order valence-corrected chi connectivity index (χ4v) is 5.09. The highest BCUT2D eigenvalue weighted by molar-refractivity contribution is 14.1. The Morgan fingerprint density at radius 3 is 2.19 bits per heavy atom. The van der Waals surface area contributed by atoms with Crippen LogP contribution in [-0.4, -0.2) is 8.80 Å². The van der Waals surface area contributed by atoms with Crippen molar-refractivity contribution in [3.05, 3.63) is 66.2 Å². The molecule has 0 bridgehead atoms. The van der Waals surface area contributed by atoms with Crippen molar-refractivity contribution >= 4 is 70.2 Å². The third-order valence-corrected chi connectivity index (χ3v) is 7.76. The third kappa shape index (κ3) is 2.95. The molecular weight excluding hydrogens is 449 g/mol. The van der Waals surface area contributed by atoms with E-state index < -0.39 is 8.80 Å². The van der Waals surface area contributed by atoms with E-state index in [0.717, 1.165) is 23.3 Å². The molecule has 4 heteroatoms. The molecule has 0 saturated carbocycles. The zero-order valence-corrected chi connectivity index (χ0v) is 18.6. The van der Waals surface area contributed by atoms with Gasteiger partial charge in [0.05, 0.1) is 43.0 Å². The number of para-hydroxylation sites is 2. The van der Waals surface area contributed by atoms with Crippen LogP contribution in [0.1, 0.15) is 12.5 Å². The van der Waals surface area contributed by atoms with Gasteiger partial charge in [0.15, 0.2) is 5.58 Å². The van der Waals surface area contributed by atoms with Gasteiger partial charge in [0, 0.05) is 10.8 Å². The maximum Gasteiger partial charge on any atom is 0.159 e. The van der Waals surface area contributed by atoms with Crippen molar-refractivity contribution in [2.24, 2.45) is 0 Å². The summed E-state index contributed by atoms with van der Waals surface area (Å²) < 4.78 is 8.56. The first-order valence-corrected chi connectivity index (χ1v) is 12.9. The minimum Gasteiger partial charge on any atom is -0.454 e. The number of anilines is 2. The van der Waals surface area contributed by atoms with E-state index in [2.05, 4.69) is 107 Å². The predicted molar refractivity (Wildman–Crippen MR) is 124 cm³/mol. The van der Waals surface area contributed by atoms with Crippen LogP contribution in [0, 0.1) is 0 Å². The average molecular weight is 471 g/mol. The molecular formula is C22H22INOSi. The van der Waals surface area contributed by atoms with Crippen LogP contribution in [0.5, 0.6) is 0 Å². The highest BCUT2D eigenvalue weighted by atomic mass is 127. The van der Waals surface area contributed by atoms with Gasteiger partial charge < -0.3 is 4.42 Å². The van der Waals surface area contributed by atoms with Crippen molar-refractivity contribution in [2.45, 2.75) is 26.4 Å². The lowest BCUT2D eigenvalue weighted by Crippen LogP contribution is -2.22. The number of hydrogen-bond donors (Lipinski definition) is 0. The minimum absolute atomic E-state index is 0.764. The lowest BCUT2D eigenvalue weighted by molar-refractivity contribution is 0.664. The Bertz CT molecular complexity index is 1070. The van der Waals surface area contributed by atoms with Crippen LogP contribution in [0.25, 0.3) is 21.9 Å². The maximum atomic E-state index is 6.37.